The third-order valence-corrected chi connectivity index (χ3v) is 3.91. The first-order chi connectivity index (χ1) is 9.33. The van der Waals surface area contributed by atoms with Crippen LogP contribution in [0.2, 0.25) is 0 Å². The maximum absolute atomic E-state index is 12.4. The summed E-state index contributed by atoms with van der Waals surface area (Å²) in [7, 11) is 0. The lowest BCUT2D eigenvalue weighted by Crippen LogP contribution is -2.47. The molecular weight excluding hydrogens is 242 g/mol. The molecule has 6 heteroatoms. The summed E-state index contributed by atoms with van der Waals surface area (Å²) in [6, 6.07) is 0.925. The van der Waals surface area contributed by atoms with E-state index in [4.69, 9.17) is 0 Å². The van der Waals surface area contributed by atoms with Crippen LogP contribution in [0.5, 0.6) is 0 Å². The third kappa shape index (κ3) is 3.32. The normalized spacial score (nSPS) is 23.3. The molecule has 19 heavy (non-hydrogen) atoms. The number of aromatic nitrogens is 3. The fourth-order valence-corrected chi connectivity index (χ4v) is 2.70. The molecule has 1 saturated heterocycles. The van der Waals surface area contributed by atoms with Crippen LogP contribution in [-0.4, -0.2) is 51.0 Å². The highest BCUT2D eigenvalue weighted by molar-refractivity contribution is 5.76. The van der Waals surface area contributed by atoms with Gasteiger partial charge in [0.2, 0.25) is 5.91 Å². The summed E-state index contributed by atoms with van der Waals surface area (Å²) >= 11 is 0. The standard InChI is InChI=1S/C13H21N5O/c19-13(10-17-8-7-15-16-17)18(12-4-5-12)9-11-3-1-2-6-14-11/h7-8,11-12,14H,1-6,9-10H2. The van der Waals surface area contributed by atoms with E-state index in [1.165, 1.54) is 19.3 Å². The highest BCUT2D eigenvalue weighted by Crippen LogP contribution is 2.28. The van der Waals surface area contributed by atoms with E-state index < -0.39 is 0 Å². The first-order valence-electron chi connectivity index (χ1n) is 7.20. The molecule has 1 saturated carbocycles. The number of hydrogen-bond donors (Lipinski definition) is 1. The number of piperidine rings is 1. The van der Waals surface area contributed by atoms with E-state index in [1.54, 1.807) is 17.1 Å². The SMILES string of the molecule is O=C(Cn1ccnn1)N(CC1CCCCN1)C1CC1. The van der Waals surface area contributed by atoms with Crippen molar-refractivity contribution in [2.45, 2.75) is 50.7 Å². The second kappa shape index (κ2) is 5.69. The molecule has 0 bridgehead atoms. The Morgan fingerprint density at radius 1 is 1.37 bits per heavy atom. The van der Waals surface area contributed by atoms with Crippen molar-refractivity contribution in [2.75, 3.05) is 13.1 Å². The van der Waals surface area contributed by atoms with Crippen molar-refractivity contribution in [1.29, 1.82) is 0 Å². The molecule has 0 aromatic carbocycles. The van der Waals surface area contributed by atoms with Gasteiger partial charge in [-0.2, -0.15) is 0 Å². The molecule has 1 atom stereocenters. The number of nitrogens with zero attached hydrogens (tertiary/aromatic N) is 4. The monoisotopic (exact) mass is 263 g/mol. The van der Waals surface area contributed by atoms with Crippen molar-refractivity contribution >= 4 is 5.91 Å². The zero-order valence-corrected chi connectivity index (χ0v) is 11.2. The van der Waals surface area contributed by atoms with Gasteiger partial charge in [0.1, 0.15) is 6.54 Å². The molecule has 3 rings (SSSR count). The minimum absolute atomic E-state index is 0.167. The van der Waals surface area contributed by atoms with Gasteiger partial charge < -0.3 is 10.2 Å². The van der Waals surface area contributed by atoms with E-state index in [0.717, 1.165) is 25.9 Å². The molecule has 1 aromatic rings. The van der Waals surface area contributed by atoms with E-state index in [0.29, 0.717) is 18.6 Å². The number of rotatable bonds is 5. The number of amides is 1. The molecule has 1 N–H and O–H groups in total. The van der Waals surface area contributed by atoms with E-state index in [2.05, 4.69) is 15.6 Å². The second-order valence-corrected chi connectivity index (χ2v) is 5.52. The number of carbonyl (C=O) groups excluding carboxylic acids is 1. The van der Waals surface area contributed by atoms with Gasteiger partial charge in [0.15, 0.2) is 0 Å². The molecular formula is C13H21N5O. The Kier molecular flexibility index (Phi) is 3.77. The Hall–Kier alpha value is -1.43. The van der Waals surface area contributed by atoms with E-state index in [9.17, 15) is 4.79 Å². The Labute approximate surface area is 113 Å². The van der Waals surface area contributed by atoms with Crippen molar-refractivity contribution in [2.24, 2.45) is 0 Å². The fourth-order valence-electron chi connectivity index (χ4n) is 2.70. The van der Waals surface area contributed by atoms with Crippen molar-refractivity contribution in [3.8, 4) is 0 Å². The van der Waals surface area contributed by atoms with Gasteiger partial charge in [-0.1, -0.05) is 11.6 Å². The van der Waals surface area contributed by atoms with Gasteiger partial charge >= 0.3 is 0 Å². The molecule has 1 aliphatic heterocycles. The van der Waals surface area contributed by atoms with E-state index in [-0.39, 0.29) is 5.91 Å². The van der Waals surface area contributed by atoms with E-state index in [1.807, 2.05) is 4.90 Å². The minimum atomic E-state index is 0.167. The summed E-state index contributed by atoms with van der Waals surface area (Å²) in [5, 5.41) is 11.1. The van der Waals surface area contributed by atoms with Crippen LogP contribution in [0.4, 0.5) is 0 Å². The summed E-state index contributed by atoms with van der Waals surface area (Å²) in [6.45, 7) is 2.24. The fraction of sp³-hybridized carbons (Fsp3) is 0.769. The topological polar surface area (TPSA) is 63.1 Å². The quantitative estimate of drug-likeness (QED) is 0.836. The van der Waals surface area contributed by atoms with Gasteiger partial charge in [-0.05, 0) is 32.2 Å². The van der Waals surface area contributed by atoms with Gasteiger partial charge in [0, 0.05) is 24.8 Å². The molecule has 1 aliphatic carbocycles. The molecule has 2 fully saturated rings. The summed E-state index contributed by atoms with van der Waals surface area (Å²) in [4.78, 5) is 14.4. The van der Waals surface area contributed by atoms with Crippen LogP contribution in [0.1, 0.15) is 32.1 Å². The molecule has 6 nitrogen and oxygen atoms in total. The van der Waals surface area contributed by atoms with Crippen LogP contribution in [0.25, 0.3) is 0 Å². The van der Waals surface area contributed by atoms with Crippen molar-refractivity contribution in [3.05, 3.63) is 12.4 Å². The molecule has 2 aliphatic rings. The Balaban J connectivity index is 1.58. The minimum Gasteiger partial charge on any atom is -0.337 e. The average molecular weight is 263 g/mol. The van der Waals surface area contributed by atoms with E-state index >= 15 is 0 Å². The van der Waals surface area contributed by atoms with Crippen LogP contribution in [0.3, 0.4) is 0 Å². The maximum atomic E-state index is 12.4. The lowest BCUT2D eigenvalue weighted by atomic mass is 10.0. The van der Waals surface area contributed by atoms with Crippen molar-refractivity contribution in [1.82, 2.24) is 25.2 Å². The number of nitrogens with one attached hydrogen (secondary N) is 1. The summed E-state index contributed by atoms with van der Waals surface area (Å²) < 4.78 is 1.60. The Morgan fingerprint density at radius 3 is 2.89 bits per heavy atom. The second-order valence-electron chi connectivity index (χ2n) is 5.52. The zero-order chi connectivity index (χ0) is 13.1. The Morgan fingerprint density at radius 2 is 2.26 bits per heavy atom. The predicted octanol–water partition coefficient (Wildman–Crippen LogP) is 0.411. The van der Waals surface area contributed by atoms with Gasteiger partial charge in [-0.15, -0.1) is 5.10 Å². The van der Waals surface area contributed by atoms with Gasteiger partial charge in [-0.25, -0.2) is 4.68 Å². The van der Waals surface area contributed by atoms with Crippen LogP contribution in [0, 0.1) is 0 Å². The molecule has 104 valence electrons. The van der Waals surface area contributed by atoms with Gasteiger partial charge in [-0.3, -0.25) is 4.79 Å². The van der Waals surface area contributed by atoms with Crippen LogP contribution in [-0.2, 0) is 11.3 Å². The van der Waals surface area contributed by atoms with Crippen molar-refractivity contribution in [3.63, 3.8) is 0 Å². The lowest BCUT2D eigenvalue weighted by Gasteiger charge is -2.30. The van der Waals surface area contributed by atoms with Crippen molar-refractivity contribution < 1.29 is 4.79 Å². The first kappa shape index (κ1) is 12.6. The maximum Gasteiger partial charge on any atom is 0.244 e. The van der Waals surface area contributed by atoms with Crippen LogP contribution < -0.4 is 5.32 Å². The highest BCUT2D eigenvalue weighted by Gasteiger charge is 2.34. The number of hydrogen-bond acceptors (Lipinski definition) is 4. The highest BCUT2D eigenvalue weighted by atomic mass is 16.2. The van der Waals surface area contributed by atoms with Crippen LogP contribution in [0.15, 0.2) is 12.4 Å². The molecule has 0 spiro atoms. The summed E-state index contributed by atoms with van der Waals surface area (Å²) in [5.74, 6) is 0.167. The molecule has 1 amide bonds. The van der Waals surface area contributed by atoms with Crippen LogP contribution >= 0.6 is 0 Å². The van der Waals surface area contributed by atoms with Gasteiger partial charge in [0.25, 0.3) is 0 Å². The number of carbonyl (C=O) groups is 1. The smallest absolute Gasteiger partial charge is 0.244 e. The molecule has 1 unspecified atom stereocenters. The first-order valence-corrected chi connectivity index (χ1v) is 7.20. The third-order valence-electron chi connectivity index (χ3n) is 3.91. The lowest BCUT2D eigenvalue weighted by molar-refractivity contribution is -0.133. The zero-order valence-electron chi connectivity index (χ0n) is 11.2. The average Bonchev–Trinajstić information content (AvgIpc) is 3.15. The molecule has 1 aromatic heterocycles. The molecule has 2 heterocycles. The molecule has 0 radical (unpaired) electrons. The predicted molar refractivity (Wildman–Crippen MR) is 70.4 cm³/mol. The largest absolute Gasteiger partial charge is 0.337 e. The van der Waals surface area contributed by atoms with Gasteiger partial charge in [0.05, 0.1) is 6.20 Å². The summed E-state index contributed by atoms with van der Waals surface area (Å²) in [6.07, 6.45) is 9.35. The Bertz CT molecular complexity index is 409. The summed E-state index contributed by atoms with van der Waals surface area (Å²) in [5.41, 5.74) is 0.